The van der Waals surface area contributed by atoms with Crippen LogP contribution >= 0.6 is 0 Å². The quantitative estimate of drug-likeness (QED) is 0.328. The van der Waals surface area contributed by atoms with Crippen LogP contribution in [0.1, 0.15) is 43.0 Å². The van der Waals surface area contributed by atoms with Crippen molar-refractivity contribution in [3.63, 3.8) is 0 Å². The van der Waals surface area contributed by atoms with Crippen LogP contribution in [0.3, 0.4) is 0 Å². The summed E-state index contributed by atoms with van der Waals surface area (Å²) in [6.07, 6.45) is 4.99. The van der Waals surface area contributed by atoms with E-state index in [-0.39, 0.29) is 5.91 Å². The van der Waals surface area contributed by atoms with E-state index in [1.54, 1.807) is 0 Å². The van der Waals surface area contributed by atoms with Gasteiger partial charge < -0.3 is 15.0 Å². The van der Waals surface area contributed by atoms with Gasteiger partial charge in [-0.05, 0) is 99.0 Å². The summed E-state index contributed by atoms with van der Waals surface area (Å²) < 4.78 is 6.18. The van der Waals surface area contributed by atoms with E-state index in [0.717, 1.165) is 71.5 Å². The number of nitrogens with zero attached hydrogens (tertiary/aromatic N) is 3. The molecule has 1 aromatic heterocycles. The Bertz CT molecular complexity index is 1420. The number of nitrogens with one attached hydrogen (secondary N) is 2. The number of rotatable bonds is 9. The number of H-pyrrole nitrogens is 1. The fourth-order valence-electron chi connectivity index (χ4n) is 5.96. The Morgan fingerprint density at radius 3 is 2.74 bits per heavy atom. The molecule has 2 aliphatic rings. The summed E-state index contributed by atoms with van der Waals surface area (Å²) in [4.78, 5) is 17.7. The van der Waals surface area contributed by atoms with Crippen LogP contribution in [0.4, 0.5) is 0 Å². The molecule has 2 N–H and O–H groups in total. The van der Waals surface area contributed by atoms with Crippen LogP contribution in [0.2, 0.25) is 0 Å². The van der Waals surface area contributed by atoms with E-state index in [4.69, 9.17) is 4.74 Å². The van der Waals surface area contributed by atoms with Crippen molar-refractivity contribution in [2.24, 2.45) is 0 Å². The van der Waals surface area contributed by atoms with Gasteiger partial charge in [0, 0.05) is 35.6 Å². The molecule has 7 heteroatoms. The Kier molecular flexibility index (Phi) is 7.29. The third kappa shape index (κ3) is 5.26. The number of carbonyl (C=O) groups excluding carboxylic acids is 1. The molecule has 3 heterocycles. The first kappa shape index (κ1) is 24.9. The molecule has 2 saturated heterocycles. The Morgan fingerprint density at radius 2 is 1.87 bits per heavy atom. The predicted octanol–water partition coefficient (Wildman–Crippen LogP) is 5.07. The summed E-state index contributed by atoms with van der Waals surface area (Å²) in [5.74, 6) is 0.878. The Hall–Kier alpha value is -3.42. The minimum atomic E-state index is -0.0380. The molecule has 0 radical (unpaired) electrons. The van der Waals surface area contributed by atoms with Gasteiger partial charge in [0.25, 0.3) is 5.91 Å². The number of ether oxygens (including phenoxy) is 1. The summed E-state index contributed by atoms with van der Waals surface area (Å²) in [6, 6.07) is 19.0. The topological polar surface area (TPSA) is 73.5 Å². The molecular weight excluding hydrogens is 474 g/mol. The highest BCUT2D eigenvalue weighted by Crippen LogP contribution is 2.31. The van der Waals surface area contributed by atoms with Gasteiger partial charge in [0.1, 0.15) is 12.4 Å². The zero-order valence-corrected chi connectivity index (χ0v) is 22.2. The van der Waals surface area contributed by atoms with E-state index < -0.39 is 0 Å². The van der Waals surface area contributed by atoms with E-state index in [9.17, 15) is 4.79 Å². The summed E-state index contributed by atoms with van der Waals surface area (Å²) in [5.41, 5.74) is 3.46. The van der Waals surface area contributed by atoms with Crippen molar-refractivity contribution in [2.45, 2.75) is 38.6 Å². The molecule has 4 aromatic rings. The molecule has 38 heavy (non-hydrogen) atoms. The molecule has 3 aromatic carbocycles. The van der Waals surface area contributed by atoms with Crippen molar-refractivity contribution in [2.75, 3.05) is 45.9 Å². The van der Waals surface area contributed by atoms with Crippen LogP contribution in [0.5, 0.6) is 5.75 Å². The third-order valence-corrected chi connectivity index (χ3v) is 8.17. The number of carbonyl (C=O) groups is 1. The number of likely N-dealkylation sites (tertiary alicyclic amines) is 2. The number of fused-ring (bicyclic) bond motifs is 2. The Morgan fingerprint density at radius 1 is 1.03 bits per heavy atom. The van der Waals surface area contributed by atoms with Crippen LogP contribution in [-0.4, -0.2) is 77.8 Å². The molecule has 1 atom stereocenters. The highest BCUT2D eigenvalue weighted by Gasteiger charge is 2.23. The zero-order valence-electron chi connectivity index (χ0n) is 22.2. The van der Waals surface area contributed by atoms with Crippen LogP contribution in [0, 0.1) is 0 Å². The van der Waals surface area contributed by atoms with Crippen LogP contribution in [0.25, 0.3) is 32.9 Å². The lowest BCUT2D eigenvalue weighted by Gasteiger charge is -2.22. The van der Waals surface area contributed by atoms with Gasteiger partial charge in [-0.25, -0.2) is 0 Å². The standard InChI is InChI=1S/C31H37N5O2/c1-2-36-16-5-6-26(36)21-38-27-11-9-22-18-24(8-7-23(22)19-27)30-28-20-25(10-12-29(28)33-34-30)31(37)32-13-17-35-14-3-4-15-35/h7-12,18-20,26H,2-6,13-17,21H2,1H3,(H,32,37)(H,33,34)/t26-/m1/s1. The number of amides is 1. The Balaban J connectivity index is 1.16. The number of hydrogen-bond acceptors (Lipinski definition) is 5. The maximum atomic E-state index is 12.8. The zero-order chi connectivity index (χ0) is 25.9. The maximum absolute atomic E-state index is 12.8. The number of benzene rings is 3. The largest absolute Gasteiger partial charge is 0.492 e. The molecular formula is C31H37N5O2. The second-order valence-electron chi connectivity index (χ2n) is 10.6. The first-order valence-electron chi connectivity index (χ1n) is 14.1. The lowest BCUT2D eigenvalue weighted by Crippen LogP contribution is -2.33. The first-order chi connectivity index (χ1) is 18.7. The first-order valence-corrected chi connectivity index (χ1v) is 14.1. The fraction of sp³-hybridized carbons (Fsp3) is 0.419. The van der Waals surface area contributed by atoms with Gasteiger partial charge in [0.05, 0.1) is 11.2 Å². The highest BCUT2D eigenvalue weighted by molar-refractivity contribution is 6.02. The summed E-state index contributed by atoms with van der Waals surface area (Å²) in [6.45, 7) is 9.08. The van der Waals surface area contributed by atoms with E-state index in [2.05, 4.69) is 68.6 Å². The van der Waals surface area contributed by atoms with Crippen LogP contribution in [-0.2, 0) is 0 Å². The molecule has 0 spiro atoms. The summed E-state index contributed by atoms with van der Waals surface area (Å²) in [5, 5.41) is 14.0. The van der Waals surface area contributed by atoms with Crippen LogP contribution in [0.15, 0.2) is 54.6 Å². The third-order valence-electron chi connectivity index (χ3n) is 8.17. The molecule has 0 bridgehead atoms. The van der Waals surface area contributed by atoms with Crippen molar-refractivity contribution >= 4 is 27.6 Å². The molecule has 0 saturated carbocycles. The lowest BCUT2D eigenvalue weighted by molar-refractivity contribution is 0.0950. The molecule has 7 nitrogen and oxygen atoms in total. The van der Waals surface area contributed by atoms with E-state index in [0.29, 0.717) is 18.2 Å². The number of aromatic amines is 1. The van der Waals surface area contributed by atoms with Gasteiger partial charge in [-0.15, -0.1) is 0 Å². The van der Waals surface area contributed by atoms with Crippen LogP contribution < -0.4 is 10.1 Å². The number of hydrogen-bond donors (Lipinski definition) is 2. The second kappa shape index (κ2) is 11.1. The SMILES string of the molecule is CCN1CCC[C@@H]1COc1ccc2cc(-c3n[nH]c4ccc(C(=O)NCCN5CCCC5)cc34)ccc2c1. The smallest absolute Gasteiger partial charge is 0.251 e. The normalized spacial score (nSPS) is 18.5. The van der Waals surface area contributed by atoms with Crippen molar-refractivity contribution in [1.29, 1.82) is 0 Å². The van der Waals surface area contributed by atoms with Crippen molar-refractivity contribution < 1.29 is 9.53 Å². The van der Waals surface area contributed by atoms with Crippen molar-refractivity contribution in [1.82, 2.24) is 25.3 Å². The molecule has 0 aliphatic carbocycles. The summed E-state index contributed by atoms with van der Waals surface area (Å²) >= 11 is 0. The number of likely N-dealkylation sites (N-methyl/N-ethyl adjacent to an activating group) is 1. The number of aromatic nitrogens is 2. The second-order valence-corrected chi connectivity index (χ2v) is 10.6. The van der Waals surface area contributed by atoms with E-state index in [1.165, 1.54) is 32.2 Å². The van der Waals surface area contributed by atoms with Crippen molar-refractivity contribution in [3.8, 4) is 17.0 Å². The monoisotopic (exact) mass is 511 g/mol. The molecule has 2 fully saturated rings. The average Bonchev–Trinajstić information content (AvgIpc) is 3.72. The van der Waals surface area contributed by atoms with Gasteiger partial charge in [0.15, 0.2) is 0 Å². The van der Waals surface area contributed by atoms with Crippen molar-refractivity contribution in [3.05, 3.63) is 60.2 Å². The molecule has 1 amide bonds. The maximum Gasteiger partial charge on any atom is 0.251 e. The van der Waals surface area contributed by atoms with Gasteiger partial charge >= 0.3 is 0 Å². The highest BCUT2D eigenvalue weighted by atomic mass is 16.5. The molecule has 6 rings (SSSR count). The van der Waals surface area contributed by atoms with Gasteiger partial charge in [-0.1, -0.05) is 25.1 Å². The molecule has 0 unspecified atom stereocenters. The Labute approximate surface area is 224 Å². The minimum absolute atomic E-state index is 0.0380. The van der Waals surface area contributed by atoms with E-state index >= 15 is 0 Å². The minimum Gasteiger partial charge on any atom is -0.492 e. The van der Waals surface area contributed by atoms with Gasteiger partial charge in [-0.3, -0.25) is 14.8 Å². The van der Waals surface area contributed by atoms with Gasteiger partial charge in [0.2, 0.25) is 0 Å². The summed E-state index contributed by atoms with van der Waals surface area (Å²) in [7, 11) is 0. The molecule has 198 valence electrons. The fourth-order valence-corrected chi connectivity index (χ4v) is 5.96. The lowest BCUT2D eigenvalue weighted by atomic mass is 10.0. The predicted molar refractivity (Wildman–Crippen MR) is 153 cm³/mol. The average molecular weight is 512 g/mol. The van der Waals surface area contributed by atoms with Gasteiger partial charge in [-0.2, -0.15) is 5.10 Å². The molecule has 2 aliphatic heterocycles. The van der Waals surface area contributed by atoms with E-state index in [1.807, 2.05) is 18.2 Å².